The largest absolute Gasteiger partial charge is 0.392 e. The second-order valence-corrected chi connectivity index (χ2v) is 6.41. The van der Waals surface area contributed by atoms with Gasteiger partial charge in [-0.1, -0.05) is 12.2 Å². The maximum absolute atomic E-state index is 11.9. The molecule has 0 spiro atoms. The van der Waals surface area contributed by atoms with Gasteiger partial charge in [0.1, 0.15) is 5.75 Å². The van der Waals surface area contributed by atoms with E-state index in [0.717, 1.165) is 25.7 Å². The summed E-state index contributed by atoms with van der Waals surface area (Å²) in [6.45, 7) is 0. The number of hydrogen-bond donors (Lipinski definition) is 1. The fraction of sp³-hybridized carbons (Fsp3) is 0.875. The van der Waals surface area contributed by atoms with Crippen molar-refractivity contribution < 1.29 is 8.42 Å². The zero-order chi connectivity index (χ0) is 10.3. The molecular formula is C8H14N2O2S2. The molecule has 0 unspecified atom stereocenters. The first-order valence-electron chi connectivity index (χ1n) is 4.80. The van der Waals surface area contributed by atoms with Gasteiger partial charge in [0.2, 0.25) is 10.0 Å². The zero-order valence-corrected chi connectivity index (χ0v) is 9.48. The Hall–Kier alpha value is -0.200. The molecule has 2 fully saturated rings. The quantitative estimate of drug-likeness (QED) is 0.710. The van der Waals surface area contributed by atoms with Crippen molar-refractivity contribution in [3.05, 3.63) is 0 Å². The van der Waals surface area contributed by atoms with Gasteiger partial charge in [-0.15, -0.1) is 0 Å². The SMILES string of the molecule is NC(=S)CS(=O)(=O)N1C2CCC1CC2. The number of hydrogen-bond acceptors (Lipinski definition) is 3. The minimum Gasteiger partial charge on any atom is -0.392 e. The molecule has 0 aromatic rings. The lowest BCUT2D eigenvalue weighted by atomic mass is 10.0. The van der Waals surface area contributed by atoms with Crippen molar-refractivity contribution >= 4 is 27.2 Å². The van der Waals surface area contributed by atoms with Crippen LogP contribution >= 0.6 is 12.2 Å². The van der Waals surface area contributed by atoms with E-state index < -0.39 is 10.0 Å². The first-order valence-corrected chi connectivity index (χ1v) is 6.82. The van der Waals surface area contributed by atoms with Crippen molar-refractivity contribution in [1.82, 2.24) is 4.31 Å². The monoisotopic (exact) mass is 234 g/mol. The lowest BCUT2D eigenvalue weighted by molar-refractivity contribution is 0.399. The Bertz CT molecular complexity index is 332. The molecular weight excluding hydrogens is 220 g/mol. The lowest BCUT2D eigenvalue weighted by Gasteiger charge is -2.20. The van der Waals surface area contributed by atoms with Gasteiger partial charge in [0, 0.05) is 12.1 Å². The third-order valence-corrected chi connectivity index (χ3v) is 5.27. The Kier molecular flexibility index (Phi) is 2.53. The summed E-state index contributed by atoms with van der Waals surface area (Å²) in [5, 5.41) is 0. The van der Waals surface area contributed by atoms with Crippen molar-refractivity contribution in [2.24, 2.45) is 5.73 Å². The molecule has 2 aliphatic rings. The van der Waals surface area contributed by atoms with Gasteiger partial charge in [-0.2, -0.15) is 4.31 Å². The highest BCUT2D eigenvalue weighted by atomic mass is 32.2. The maximum atomic E-state index is 11.9. The smallest absolute Gasteiger partial charge is 0.221 e. The highest BCUT2D eigenvalue weighted by molar-refractivity contribution is 7.92. The van der Waals surface area contributed by atoms with E-state index in [1.807, 2.05) is 0 Å². The number of thiocarbonyl (C=S) groups is 1. The predicted molar refractivity (Wildman–Crippen MR) is 58.5 cm³/mol. The average Bonchev–Trinajstić information content (AvgIpc) is 2.58. The van der Waals surface area contributed by atoms with Crippen LogP contribution in [0.1, 0.15) is 25.7 Å². The molecule has 6 heteroatoms. The van der Waals surface area contributed by atoms with Crippen LogP contribution in [-0.2, 0) is 10.0 Å². The zero-order valence-electron chi connectivity index (χ0n) is 7.85. The van der Waals surface area contributed by atoms with Crippen LogP contribution in [0.5, 0.6) is 0 Å². The summed E-state index contributed by atoms with van der Waals surface area (Å²) in [5.74, 6) is -0.171. The van der Waals surface area contributed by atoms with Crippen molar-refractivity contribution in [3.8, 4) is 0 Å². The van der Waals surface area contributed by atoms with E-state index in [1.54, 1.807) is 4.31 Å². The van der Waals surface area contributed by atoms with E-state index in [-0.39, 0.29) is 22.8 Å². The summed E-state index contributed by atoms with van der Waals surface area (Å²) in [7, 11) is -3.23. The number of fused-ring (bicyclic) bond motifs is 2. The van der Waals surface area contributed by atoms with Gasteiger partial charge in [-0.3, -0.25) is 0 Å². The average molecular weight is 234 g/mol. The van der Waals surface area contributed by atoms with Crippen molar-refractivity contribution in [3.63, 3.8) is 0 Å². The lowest BCUT2D eigenvalue weighted by Crippen LogP contribution is -2.39. The number of sulfonamides is 1. The fourth-order valence-electron chi connectivity index (χ4n) is 2.57. The second kappa shape index (κ2) is 3.43. The van der Waals surface area contributed by atoms with Crippen LogP contribution in [0.25, 0.3) is 0 Å². The second-order valence-electron chi connectivity index (χ2n) is 4.01. The summed E-state index contributed by atoms with van der Waals surface area (Å²) in [6.07, 6.45) is 4.00. The molecule has 4 nitrogen and oxygen atoms in total. The highest BCUT2D eigenvalue weighted by Crippen LogP contribution is 2.39. The molecule has 14 heavy (non-hydrogen) atoms. The van der Waals surface area contributed by atoms with Gasteiger partial charge >= 0.3 is 0 Å². The van der Waals surface area contributed by atoms with Crippen LogP contribution in [-0.4, -0.2) is 35.5 Å². The number of nitrogens with two attached hydrogens (primary N) is 1. The highest BCUT2D eigenvalue weighted by Gasteiger charge is 2.45. The molecule has 0 atom stereocenters. The third-order valence-electron chi connectivity index (χ3n) is 3.03. The molecule has 2 aliphatic heterocycles. The van der Waals surface area contributed by atoms with E-state index in [0.29, 0.717) is 0 Å². The van der Waals surface area contributed by atoms with Crippen LogP contribution in [0.15, 0.2) is 0 Å². The Labute approximate surface area is 89.5 Å². The van der Waals surface area contributed by atoms with Crippen LogP contribution < -0.4 is 5.73 Å². The molecule has 0 amide bonds. The van der Waals surface area contributed by atoms with Gasteiger partial charge in [0.25, 0.3) is 0 Å². The molecule has 2 saturated heterocycles. The number of rotatable bonds is 3. The predicted octanol–water partition coefficient (Wildman–Crippen LogP) is 0.229. The Morgan fingerprint density at radius 3 is 2.07 bits per heavy atom. The van der Waals surface area contributed by atoms with Crippen molar-refractivity contribution in [1.29, 1.82) is 0 Å². The molecule has 2 bridgehead atoms. The van der Waals surface area contributed by atoms with Gasteiger partial charge in [-0.05, 0) is 25.7 Å². The molecule has 0 radical (unpaired) electrons. The van der Waals surface area contributed by atoms with E-state index in [2.05, 4.69) is 12.2 Å². The van der Waals surface area contributed by atoms with Crippen LogP contribution in [0, 0.1) is 0 Å². The molecule has 80 valence electrons. The minimum atomic E-state index is -3.23. The molecule has 0 aliphatic carbocycles. The summed E-state index contributed by atoms with van der Waals surface area (Å²) in [6, 6.07) is 0.443. The van der Waals surface area contributed by atoms with Crippen molar-refractivity contribution in [2.45, 2.75) is 37.8 Å². The van der Waals surface area contributed by atoms with Crippen LogP contribution in [0.2, 0.25) is 0 Å². The van der Waals surface area contributed by atoms with E-state index >= 15 is 0 Å². The molecule has 2 rings (SSSR count). The van der Waals surface area contributed by atoms with Crippen LogP contribution in [0.3, 0.4) is 0 Å². The third kappa shape index (κ3) is 1.66. The van der Waals surface area contributed by atoms with Gasteiger partial charge < -0.3 is 5.73 Å². The van der Waals surface area contributed by atoms with E-state index in [1.165, 1.54) is 0 Å². The Morgan fingerprint density at radius 1 is 1.29 bits per heavy atom. The van der Waals surface area contributed by atoms with Gasteiger partial charge in [0.05, 0.1) is 4.99 Å². The molecule has 0 aromatic heterocycles. The molecule has 2 N–H and O–H groups in total. The molecule has 2 heterocycles. The fourth-order valence-corrected chi connectivity index (χ4v) is 4.86. The van der Waals surface area contributed by atoms with Crippen molar-refractivity contribution in [2.75, 3.05) is 5.75 Å². The van der Waals surface area contributed by atoms with E-state index in [4.69, 9.17) is 5.73 Å². The van der Waals surface area contributed by atoms with E-state index in [9.17, 15) is 8.42 Å². The first kappa shape index (κ1) is 10.3. The Morgan fingerprint density at radius 2 is 1.71 bits per heavy atom. The number of nitrogens with zero attached hydrogens (tertiary/aromatic N) is 1. The summed E-state index contributed by atoms with van der Waals surface area (Å²) in [5.41, 5.74) is 5.28. The molecule has 0 saturated carbocycles. The van der Waals surface area contributed by atoms with Crippen LogP contribution in [0.4, 0.5) is 0 Å². The standard InChI is InChI=1S/C8H14N2O2S2/c9-8(13)5-14(11,12)10-6-1-2-7(10)4-3-6/h6-7H,1-5H2,(H2,9,13). The normalized spacial score (nSPS) is 32.3. The summed E-state index contributed by atoms with van der Waals surface area (Å²) < 4.78 is 25.4. The van der Waals surface area contributed by atoms with Gasteiger partial charge in [0.15, 0.2) is 0 Å². The first-order chi connectivity index (χ1) is 6.50. The molecule has 0 aromatic carbocycles. The summed E-state index contributed by atoms with van der Waals surface area (Å²) in [4.78, 5) is 0.0660. The summed E-state index contributed by atoms with van der Waals surface area (Å²) >= 11 is 4.65. The topological polar surface area (TPSA) is 63.4 Å². The van der Waals surface area contributed by atoms with Gasteiger partial charge in [-0.25, -0.2) is 8.42 Å². The minimum absolute atomic E-state index is 0.0660. The maximum Gasteiger partial charge on any atom is 0.221 e. The Balaban J connectivity index is 2.19.